The third-order valence-corrected chi connectivity index (χ3v) is 4.10. The zero-order valence-electron chi connectivity index (χ0n) is 12.1. The van der Waals surface area contributed by atoms with Gasteiger partial charge < -0.3 is 4.57 Å². The Balaban J connectivity index is 1.79. The Morgan fingerprint density at radius 1 is 1.14 bits per heavy atom. The van der Waals surface area contributed by atoms with Gasteiger partial charge in [0.15, 0.2) is 0 Å². The van der Waals surface area contributed by atoms with Crippen molar-refractivity contribution in [1.82, 2.24) is 9.99 Å². The van der Waals surface area contributed by atoms with Crippen LogP contribution in [0.5, 0.6) is 0 Å². The van der Waals surface area contributed by atoms with Crippen LogP contribution in [0.25, 0.3) is 5.69 Å². The van der Waals surface area contributed by atoms with E-state index in [1.165, 1.54) is 11.3 Å². The van der Waals surface area contributed by atoms with Crippen LogP contribution in [0.4, 0.5) is 0 Å². The Labute approximate surface area is 132 Å². The molecule has 4 nitrogen and oxygen atoms in total. The van der Waals surface area contributed by atoms with Crippen molar-refractivity contribution >= 4 is 23.5 Å². The summed E-state index contributed by atoms with van der Waals surface area (Å²) in [6.45, 7) is 2.04. The van der Waals surface area contributed by atoms with Gasteiger partial charge in [-0.15, -0.1) is 11.3 Å². The highest BCUT2D eigenvalue weighted by molar-refractivity contribution is 7.12. The summed E-state index contributed by atoms with van der Waals surface area (Å²) < 4.78 is 2.08. The Bertz CT molecular complexity index is 789. The molecule has 0 aliphatic rings. The normalized spacial score (nSPS) is 11.0. The zero-order valence-corrected chi connectivity index (χ0v) is 12.9. The highest BCUT2D eigenvalue weighted by atomic mass is 32.1. The maximum atomic E-state index is 11.8. The van der Waals surface area contributed by atoms with Gasteiger partial charge in [-0.3, -0.25) is 4.79 Å². The number of para-hydroxylation sites is 1. The van der Waals surface area contributed by atoms with Crippen molar-refractivity contribution in [2.45, 2.75) is 6.92 Å². The van der Waals surface area contributed by atoms with E-state index in [0.29, 0.717) is 4.88 Å². The molecule has 0 saturated heterocycles. The minimum atomic E-state index is -0.194. The van der Waals surface area contributed by atoms with Gasteiger partial charge in [-0.2, -0.15) is 5.10 Å². The summed E-state index contributed by atoms with van der Waals surface area (Å²) in [7, 11) is 0. The Hall–Kier alpha value is -2.66. The lowest BCUT2D eigenvalue weighted by Gasteiger charge is -2.08. The predicted molar refractivity (Wildman–Crippen MR) is 89.9 cm³/mol. The van der Waals surface area contributed by atoms with Gasteiger partial charge in [0.05, 0.1) is 16.8 Å². The lowest BCUT2D eigenvalue weighted by atomic mass is 10.3. The molecule has 1 aromatic carbocycles. The van der Waals surface area contributed by atoms with Crippen LogP contribution in [0.15, 0.2) is 65.1 Å². The fourth-order valence-corrected chi connectivity index (χ4v) is 2.82. The molecule has 0 aliphatic heterocycles. The van der Waals surface area contributed by atoms with Gasteiger partial charge in [-0.1, -0.05) is 24.3 Å². The maximum Gasteiger partial charge on any atom is 0.281 e. The number of nitrogens with one attached hydrogen (secondary N) is 1. The molecule has 1 amide bonds. The highest BCUT2D eigenvalue weighted by Gasteiger charge is 2.06. The van der Waals surface area contributed by atoms with E-state index >= 15 is 0 Å². The van der Waals surface area contributed by atoms with Gasteiger partial charge in [0.2, 0.25) is 0 Å². The van der Waals surface area contributed by atoms with E-state index in [0.717, 1.165) is 17.1 Å². The lowest BCUT2D eigenvalue weighted by Crippen LogP contribution is -2.16. The minimum absolute atomic E-state index is 0.194. The molecule has 0 saturated carbocycles. The van der Waals surface area contributed by atoms with Crippen molar-refractivity contribution in [3.8, 4) is 5.69 Å². The summed E-state index contributed by atoms with van der Waals surface area (Å²) in [6, 6.07) is 17.7. The zero-order chi connectivity index (χ0) is 15.4. The SMILES string of the molecule is Cc1ccc(/C=N\NC(=O)c2cccs2)n1-c1ccccc1. The van der Waals surface area contributed by atoms with Crippen LogP contribution < -0.4 is 5.43 Å². The van der Waals surface area contributed by atoms with Gasteiger partial charge in [-0.25, -0.2) is 5.43 Å². The second-order valence-electron chi connectivity index (χ2n) is 4.75. The average molecular weight is 309 g/mol. The molecular weight excluding hydrogens is 294 g/mol. The Morgan fingerprint density at radius 3 is 2.68 bits per heavy atom. The third-order valence-electron chi connectivity index (χ3n) is 3.23. The van der Waals surface area contributed by atoms with E-state index in [9.17, 15) is 4.79 Å². The van der Waals surface area contributed by atoms with Crippen molar-refractivity contribution < 1.29 is 4.79 Å². The number of thiophene rings is 1. The van der Waals surface area contributed by atoms with Crippen LogP contribution >= 0.6 is 11.3 Å². The Morgan fingerprint density at radius 2 is 1.95 bits per heavy atom. The molecule has 2 aromatic heterocycles. The molecule has 22 heavy (non-hydrogen) atoms. The van der Waals surface area contributed by atoms with Crippen LogP contribution in [-0.4, -0.2) is 16.7 Å². The summed E-state index contributed by atoms with van der Waals surface area (Å²) >= 11 is 1.39. The van der Waals surface area contributed by atoms with Crippen molar-refractivity contribution in [2.24, 2.45) is 5.10 Å². The molecule has 0 fully saturated rings. The molecule has 0 atom stereocenters. The molecule has 2 heterocycles. The van der Waals surface area contributed by atoms with Crippen LogP contribution in [0.1, 0.15) is 21.1 Å². The molecule has 5 heteroatoms. The summed E-state index contributed by atoms with van der Waals surface area (Å²) in [6.07, 6.45) is 1.66. The maximum absolute atomic E-state index is 11.8. The monoisotopic (exact) mass is 309 g/mol. The number of amides is 1. The number of hydrogen-bond acceptors (Lipinski definition) is 3. The first-order valence-electron chi connectivity index (χ1n) is 6.86. The molecule has 0 unspecified atom stereocenters. The van der Waals surface area contributed by atoms with Crippen LogP contribution in [-0.2, 0) is 0 Å². The molecule has 0 bridgehead atoms. The van der Waals surface area contributed by atoms with E-state index in [1.54, 1.807) is 12.3 Å². The molecule has 3 aromatic rings. The first kappa shape index (κ1) is 14.3. The van der Waals surface area contributed by atoms with Gasteiger partial charge in [-0.05, 0) is 42.6 Å². The summed E-state index contributed by atoms with van der Waals surface area (Å²) in [5.74, 6) is -0.194. The smallest absolute Gasteiger partial charge is 0.281 e. The first-order valence-corrected chi connectivity index (χ1v) is 7.74. The first-order chi connectivity index (χ1) is 10.8. The molecule has 110 valence electrons. The van der Waals surface area contributed by atoms with Crippen molar-refractivity contribution in [3.05, 3.63) is 76.2 Å². The number of carbonyl (C=O) groups is 1. The third kappa shape index (κ3) is 2.99. The van der Waals surface area contributed by atoms with Gasteiger partial charge in [0.25, 0.3) is 5.91 Å². The number of aromatic nitrogens is 1. The fourth-order valence-electron chi connectivity index (χ4n) is 2.21. The average Bonchev–Trinajstić information content (AvgIpc) is 3.18. The fraction of sp³-hybridized carbons (Fsp3) is 0.0588. The van der Waals surface area contributed by atoms with E-state index in [1.807, 2.05) is 60.8 Å². The van der Waals surface area contributed by atoms with E-state index in [4.69, 9.17) is 0 Å². The van der Waals surface area contributed by atoms with Crippen molar-refractivity contribution in [1.29, 1.82) is 0 Å². The number of nitrogens with zero attached hydrogens (tertiary/aromatic N) is 2. The van der Waals surface area contributed by atoms with Crippen molar-refractivity contribution in [2.75, 3.05) is 0 Å². The molecule has 1 N–H and O–H groups in total. The number of hydrazone groups is 1. The number of carbonyl (C=O) groups excluding carboxylic acids is 1. The minimum Gasteiger partial charge on any atom is -0.313 e. The number of hydrogen-bond donors (Lipinski definition) is 1. The molecule has 0 radical (unpaired) electrons. The van der Waals surface area contributed by atoms with Gasteiger partial charge in [0.1, 0.15) is 0 Å². The van der Waals surface area contributed by atoms with E-state index in [-0.39, 0.29) is 5.91 Å². The second kappa shape index (κ2) is 6.41. The largest absolute Gasteiger partial charge is 0.313 e. The number of benzene rings is 1. The molecule has 3 rings (SSSR count). The predicted octanol–water partition coefficient (Wildman–Crippen LogP) is 3.61. The summed E-state index contributed by atoms with van der Waals surface area (Å²) in [5.41, 5.74) is 5.64. The Kier molecular flexibility index (Phi) is 4.16. The molecular formula is C17H15N3OS. The van der Waals surface area contributed by atoms with Gasteiger partial charge >= 0.3 is 0 Å². The topological polar surface area (TPSA) is 46.4 Å². The van der Waals surface area contributed by atoms with E-state index < -0.39 is 0 Å². The van der Waals surface area contributed by atoms with Crippen molar-refractivity contribution in [3.63, 3.8) is 0 Å². The standard InChI is InChI=1S/C17H15N3OS/c1-13-9-10-15(20(13)14-6-3-2-4-7-14)12-18-19-17(21)16-8-5-11-22-16/h2-12H,1H3,(H,19,21)/b18-12-. The summed E-state index contributed by atoms with van der Waals surface area (Å²) in [4.78, 5) is 12.5. The van der Waals surface area contributed by atoms with Gasteiger partial charge in [0, 0.05) is 11.4 Å². The molecule has 0 aliphatic carbocycles. The van der Waals surface area contributed by atoms with Crippen LogP contribution in [0.3, 0.4) is 0 Å². The number of rotatable bonds is 4. The molecule has 0 spiro atoms. The number of aryl methyl sites for hydroxylation is 1. The lowest BCUT2D eigenvalue weighted by molar-refractivity contribution is 0.0959. The van der Waals surface area contributed by atoms with Crippen LogP contribution in [0, 0.1) is 6.92 Å². The highest BCUT2D eigenvalue weighted by Crippen LogP contribution is 2.15. The quantitative estimate of drug-likeness (QED) is 0.581. The van der Waals surface area contributed by atoms with Crippen LogP contribution in [0.2, 0.25) is 0 Å². The summed E-state index contributed by atoms with van der Waals surface area (Å²) in [5, 5.41) is 5.92. The second-order valence-corrected chi connectivity index (χ2v) is 5.69. The van der Waals surface area contributed by atoms with E-state index in [2.05, 4.69) is 15.1 Å².